The Kier molecular flexibility index (Phi) is 6.98. The van der Waals surface area contributed by atoms with Gasteiger partial charge in [-0.2, -0.15) is 13.2 Å². The molecule has 0 fully saturated rings. The summed E-state index contributed by atoms with van der Waals surface area (Å²) in [4.78, 5) is 16.0. The van der Waals surface area contributed by atoms with Crippen LogP contribution in [0.1, 0.15) is 11.1 Å². The van der Waals surface area contributed by atoms with Crippen molar-refractivity contribution in [2.24, 2.45) is 0 Å². The zero-order valence-electron chi connectivity index (χ0n) is 19.0. The summed E-state index contributed by atoms with van der Waals surface area (Å²) < 4.78 is 75.6. The van der Waals surface area contributed by atoms with Gasteiger partial charge in [0, 0.05) is 30.5 Å². The average Bonchev–Trinajstić information content (AvgIpc) is 2.78. The number of carbonyl (C=O) groups excluding carboxylic acids is 1. The molecule has 1 heterocycles. The number of Topliss-reactive ketones (excluding diaryl/α,β-unsaturated/α-hetero) is 1. The van der Waals surface area contributed by atoms with Gasteiger partial charge in [-0.05, 0) is 53.4 Å². The zero-order valence-corrected chi connectivity index (χ0v) is 19.8. The lowest BCUT2D eigenvalue weighted by Gasteiger charge is -2.16. The van der Waals surface area contributed by atoms with Gasteiger partial charge in [-0.1, -0.05) is 24.3 Å². The van der Waals surface area contributed by atoms with Gasteiger partial charge in [-0.3, -0.25) is 9.78 Å². The molecule has 1 aromatic heterocycles. The molecule has 3 aromatic carbocycles. The maximum atomic E-state index is 13.9. The molecule has 0 saturated heterocycles. The SMILES string of the molecule is CS(=O)(=O)CC(=O)Cc1cccc(Oc2ccc(Oc3cccc4ccncc34)cc2C(F)(F)F)c1. The van der Waals surface area contributed by atoms with Gasteiger partial charge in [-0.15, -0.1) is 0 Å². The minimum atomic E-state index is -4.74. The topological polar surface area (TPSA) is 82.6 Å². The van der Waals surface area contributed by atoms with E-state index in [2.05, 4.69) is 4.98 Å². The van der Waals surface area contributed by atoms with E-state index in [1.807, 2.05) is 6.07 Å². The minimum absolute atomic E-state index is 0.0360. The molecule has 0 unspecified atom stereocenters. The van der Waals surface area contributed by atoms with Crippen molar-refractivity contribution in [1.82, 2.24) is 4.98 Å². The van der Waals surface area contributed by atoms with E-state index in [4.69, 9.17) is 9.47 Å². The van der Waals surface area contributed by atoms with E-state index < -0.39 is 38.9 Å². The molecule has 0 amide bonds. The highest BCUT2D eigenvalue weighted by molar-refractivity contribution is 7.91. The monoisotopic (exact) mass is 515 g/mol. The first kappa shape index (κ1) is 25.2. The smallest absolute Gasteiger partial charge is 0.420 e. The maximum absolute atomic E-state index is 13.9. The molecule has 0 aliphatic heterocycles. The molecule has 0 aliphatic rings. The van der Waals surface area contributed by atoms with Crippen molar-refractivity contribution in [3.05, 3.63) is 90.3 Å². The summed E-state index contributed by atoms with van der Waals surface area (Å²) in [6.45, 7) is 0. The van der Waals surface area contributed by atoms with E-state index in [1.54, 1.807) is 36.7 Å². The molecule has 36 heavy (non-hydrogen) atoms. The van der Waals surface area contributed by atoms with Gasteiger partial charge in [0.05, 0.1) is 0 Å². The van der Waals surface area contributed by atoms with Crippen molar-refractivity contribution < 1.29 is 35.9 Å². The number of hydrogen-bond donors (Lipinski definition) is 0. The van der Waals surface area contributed by atoms with Crippen molar-refractivity contribution in [2.75, 3.05) is 12.0 Å². The number of carbonyl (C=O) groups is 1. The fraction of sp³-hybridized carbons (Fsp3) is 0.154. The summed E-state index contributed by atoms with van der Waals surface area (Å²) >= 11 is 0. The molecule has 186 valence electrons. The van der Waals surface area contributed by atoms with E-state index in [0.29, 0.717) is 16.7 Å². The lowest BCUT2D eigenvalue weighted by Crippen LogP contribution is -2.16. The first-order valence-electron chi connectivity index (χ1n) is 10.7. The number of rotatable bonds is 8. The second kappa shape index (κ2) is 9.98. The van der Waals surface area contributed by atoms with Crippen LogP contribution in [0.5, 0.6) is 23.0 Å². The maximum Gasteiger partial charge on any atom is 0.420 e. The van der Waals surface area contributed by atoms with Crippen LogP contribution in [0, 0.1) is 0 Å². The second-order valence-electron chi connectivity index (χ2n) is 8.15. The number of ketones is 1. The molecule has 0 N–H and O–H groups in total. The minimum Gasteiger partial charge on any atom is -0.457 e. The molecule has 0 saturated carbocycles. The molecule has 0 bridgehead atoms. The number of aromatic nitrogens is 1. The number of benzene rings is 3. The Balaban J connectivity index is 1.59. The van der Waals surface area contributed by atoms with E-state index in [1.165, 1.54) is 24.3 Å². The first-order valence-corrected chi connectivity index (χ1v) is 12.7. The summed E-state index contributed by atoms with van der Waals surface area (Å²) in [7, 11) is -3.48. The highest BCUT2D eigenvalue weighted by atomic mass is 32.2. The molecule has 6 nitrogen and oxygen atoms in total. The largest absolute Gasteiger partial charge is 0.457 e. The van der Waals surface area contributed by atoms with E-state index in [-0.39, 0.29) is 17.9 Å². The zero-order chi connectivity index (χ0) is 25.9. The Morgan fingerprint density at radius 1 is 0.917 bits per heavy atom. The Morgan fingerprint density at radius 2 is 1.64 bits per heavy atom. The number of ether oxygens (including phenoxy) is 2. The van der Waals surface area contributed by atoms with Gasteiger partial charge >= 0.3 is 6.18 Å². The predicted octanol–water partition coefficient (Wildman–Crippen LogP) is 5.99. The van der Waals surface area contributed by atoms with Crippen LogP contribution in [0.2, 0.25) is 0 Å². The molecule has 0 atom stereocenters. The molecular formula is C26H20F3NO5S. The summed E-state index contributed by atoms with van der Waals surface area (Å²) in [6, 6.07) is 16.3. The molecule has 4 aromatic rings. The Labute approximate surface area is 205 Å². The lowest BCUT2D eigenvalue weighted by atomic mass is 10.1. The van der Waals surface area contributed by atoms with Crippen LogP contribution < -0.4 is 9.47 Å². The van der Waals surface area contributed by atoms with Crippen LogP contribution in [0.25, 0.3) is 10.8 Å². The quantitative estimate of drug-likeness (QED) is 0.287. The normalized spacial score (nSPS) is 11.9. The summed E-state index contributed by atoms with van der Waals surface area (Å²) in [6.07, 6.45) is -0.800. The third kappa shape index (κ3) is 6.39. The summed E-state index contributed by atoms with van der Waals surface area (Å²) in [5.41, 5.74) is -0.629. The number of halogens is 3. The van der Waals surface area contributed by atoms with Gasteiger partial charge in [0.15, 0.2) is 15.6 Å². The van der Waals surface area contributed by atoms with Crippen LogP contribution in [0.3, 0.4) is 0 Å². The van der Waals surface area contributed by atoms with Crippen LogP contribution in [0.15, 0.2) is 79.1 Å². The fourth-order valence-electron chi connectivity index (χ4n) is 3.60. The molecule has 0 spiro atoms. The highest BCUT2D eigenvalue weighted by Crippen LogP contribution is 2.41. The van der Waals surface area contributed by atoms with E-state index >= 15 is 0 Å². The Bertz CT molecular complexity index is 1530. The number of hydrogen-bond acceptors (Lipinski definition) is 6. The lowest BCUT2D eigenvalue weighted by molar-refractivity contribution is -0.138. The van der Waals surface area contributed by atoms with Crippen LogP contribution in [-0.4, -0.2) is 31.2 Å². The number of fused-ring (bicyclic) bond motifs is 1. The van der Waals surface area contributed by atoms with Gasteiger partial charge in [0.2, 0.25) is 0 Å². The summed E-state index contributed by atoms with van der Waals surface area (Å²) in [5, 5.41) is 1.48. The number of sulfone groups is 1. The average molecular weight is 516 g/mol. The standard InChI is InChI=1S/C26H20F3NO5S/c1-36(32,33)16-19(31)12-17-4-2-6-20(13-17)35-25-9-8-21(14-23(25)26(27,28)29)34-24-7-3-5-18-10-11-30-15-22(18)24/h2-11,13-15H,12,16H2,1H3. The van der Waals surface area contributed by atoms with Gasteiger partial charge in [-0.25, -0.2) is 8.42 Å². The molecular weight excluding hydrogens is 495 g/mol. The third-order valence-electron chi connectivity index (χ3n) is 5.08. The predicted molar refractivity (Wildman–Crippen MR) is 128 cm³/mol. The second-order valence-corrected chi connectivity index (χ2v) is 10.3. The fourth-order valence-corrected chi connectivity index (χ4v) is 4.29. The number of pyridine rings is 1. The van der Waals surface area contributed by atoms with Crippen molar-refractivity contribution >= 4 is 26.4 Å². The van der Waals surface area contributed by atoms with Crippen LogP contribution >= 0.6 is 0 Å². The summed E-state index contributed by atoms with van der Waals surface area (Å²) in [5.74, 6) is -1.21. The van der Waals surface area contributed by atoms with E-state index in [9.17, 15) is 26.4 Å². The third-order valence-corrected chi connectivity index (χ3v) is 5.92. The molecule has 0 radical (unpaired) electrons. The van der Waals surface area contributed by atoms with E-state index in [0.717, 1.165) is 23.8 Å². The van der Waals surface area contributed by atoms with Crippen LogP contribution in [0.4, 0.5) is 13.2 Å². The number of nitrogens with zero attached hydrogens (tertiary/aromatic N) is 1. The Hall–Kier alpha value is -3.92. The molecule has 0 aliphatic carbocycles. The molecule has 4 rings (SSSR count). The van der Waals surface area contributed by atoms with Gasteiger partial charge < -0.3 is 9.47 Å². The van der Waals surface area contributed by atoms with Crippen molar-refractivity contribution in [3.8, 4) is 23.0 Å². The van der Waals surface area contributed by atoms with Crippen molar-refractivity contribution in [2.45, 2.75) is 12.6 Å². The van der Waals surface area contributed by atoms with Crippen molar-refractivity contribution in [1.29, 1.82) is 0 Å². The van der Waals surface area contributed by atoms with Gasteiger partial charge in [0.1, 0.15) is 34.3 Å². The Morgan fingerprint density at radius 3 is 2.39 bits per heavy atom. The first-order chi connectivity index (χ1) is 17.0. The van der Waals surface area contributed by atoms with Crippen molar-refractivity contribution in [3.63, 3.8) is 0 Å². The number of alkyl halides is 3. The van der Waals surface area contributed by atoms with Crippen LogP contribution in [-0.2, 0) is 27.2 Å². The molecule has 10 heteroatoms. The van der Waals surface area contributed by atoms with Gasteiger partial charge in [0.25, 0.3) is 0 Å². The highest BCUT2D eigenvalue weighted by Gasteiger charge is 2.35.